The molecule has 0 aliphatic rings. The fraction of sp³-hybridized carbons (Fsp3) is 0.900. The number of aliphatic carboxylic acids is 1. The van der Waals surface area contributed by atoms with E-state index in [2.05, 4.69) is 0 Å². The Hall–Kier alpha value is -0.610. The molecule has 84 valence electrons. The topological polar surface area (TPSA) is 77.8 Å². The first-order valence-electron chi connectivity index (χ1n) is 5.17. The van der Waals surface area contributed by atoms with Crippen LogP contribution in [-0.4, -0.2) is 34.0 Å². The number of carboxylic acid groups (broad SMARTS) is 1. The Balaban J connectivity index is 3.02. The van der Waals surface area contributed by atoms with Crippen molar-refractivity contribution >= 4 is 5.97 Å². The summed E-state index contributed by atoms with van der Waals surface area (Å²) in [6, 6.07) is 0. The first-order valence-corrected chi connectivity index (χ1v) is 5.17. The number of aliphatic hydroxyl groups excluding tert-OH is 2. The molecule has 0 fully saturated rings. The van der Waals surface area contributed by atoms with Crippen LogP contribution in [0.2, 0.25) is 0 Å². The minimum Gasteiger partial charge on any atom is -0.481 e. The molecule has 0 spiro atoms. The van der Waals surface area contributed by atoms with Gasteiger partial charge in [0, 0.05) is 6.42 Å². The fourth-order valence-electron chi connectivity index (χ4n) is 1.28. The van der Waals surface area contributed by atoms with Crippen molar-refractivity contribution in [2.75, 3.05) is 6.61 Å². The van der Waals surface area contributed by atoms with Crippen molar-refractivity contribution in [3.8, 4) is 0 Å². The summed E-state index contributed by atoms with van der Waals surface area (Å²) in [7, 11) is 0. The largest absolute Gasteiger partial charge is 0.481 e. The van der Waals surface area contributed by atoms with Gasteiger partial charge in [-0.15, -0.1) is 0 Å². The zero-order chi connectivity index (χ0) is 10.8. The van der Waals surface area contributed by atoms with Crippen LogP contribution in [0.15, 0.2) is 0 Å². The molecular formula is C10H20O4. The van der Waals surface area contributed by atoms with Crippen molar-refractivity contribution in [1.29, 1.82) is 0 Å². The zero-order valence-corrected chi connectivity index (χ0v) is 8.48. The molecule has 0 aromatic heterocycles. The van der Waals surface area contributed by atoms with E-state index in [-0.39, 0.29) is 13.0 Å². The van der Waals surface area contributed by atoms with Crippen LogP contribution in [0, 0.1) is 0 Å². The molecule has 0 bridgehead atoms. The van der Waals surface area contributed by atoms with Crippen LogP contribution >= 0.6 is 0 Å². The molecule has 0 aromatic rings. The Labute approximate surface area is 84.6 Å². The van der Waals surface area contributed by atoms with Gasteiger partial charge in [0.15, 0.2) is 0 Å². The van der Waals surface area contributed by atoms with Crippen molar-refractivity contribution in [3.63, 3.8) is 0 Å². The summed E-state index contributed by atoms with van der Waals surface area (Å²) in [5.41, 5.74) is 0. The van der Waals surface area contributed by atoms with Gasteiger partial charge in [-0.25, -0.2) is 0 Å². The number of hydrogen-bond donors (Lipinski definition) is 3. The lowest BCUT2D eigenvalue weighted by Gasteiger charge is -2.05. The number of aliphatic hydroxyl groups is 2. The van der Waals surface area contributed by atoms with E-state index in [1.807, 2.05) is 0 Å². The van der Waals surface area contributed by atoms with E-state index in [1.54, 1.807) is 0 Å². The van der Waals surface area contributed by atoms with E-state index in [1.165, 1.54) is 0 Å². The number of rotatable bonds is 9. The highest BCUT2D eigenvalue weighted by Gasteiger charge is 2.01. The monoisotopic (exact) mass is 204 g/mol. The summed E-state index contributed by atoms with van der Waals surface area (Å²) in [5, 5.41) is 25.9. The van der Waals surface area contributed by atoms with Crippen LogP contribution in [0.1, 0.15) is 44.9 Å². The predicted molar refractivity (Wildman–Crippen MR) is 53.0 cm³/mol. The molecule has 0 aromatic carbocycles. The van der Waals surface area contributed by atoms with Gasteiger partial charge >= 0.3 is 5.97 Å². The van der Waals surface area contributed by atoms with Gasteiger partial charge in [0.05, 0.1) is 12.7 Å². The van der Waals surface area contributed by atoms with Gasteiger partial charge in [-0.2, -0.15) is 0 Å². The SMILES string of the molecule is O=C(O)CCCCCCC[C@@H](O)CO. The first-order chi connectivity index (χ1) is 6.66. The Bertz CT molecular complexity index is 147. The van der Waals surface area contributed by atoms with Gasteiger partial charge < -0.3 is 15.3 Å². The molecule has 0 heterocycles. The number of unbranched alkanes of at least 4 members (excludes halogenated alkanes) is 4. The molecule has 0 rings (SSSR count). The number of carboxylic acids is 1. The molecule has 0 amide bonds. The van der Waals surface area contributed by atoms with Gasteiger partial charge in [-0.1, -0.05) is 25.7 Å². The minimum atomic E-state index is -0.735. The van der Waals surface area contributed by atoms with Crippen molar-refractivity contribution in [2.24, 2.45) is 0 Å². The Morgan fingerprint density at radius 3 is 2.21 bits per heavy atom. The quantitative estimate of drug-likeness (QED) is 0.492. The Morgan fingerprint density at radius 1 is 1.07 bits per heavy atom. The zero-order valence-electron chi connectivity index (χ0n) is 8.48. The second-order valence-corrected chi connectivity index (χ2v) is 3.54. The minimum absolute atomic E-state index is 0.168. The second-order valence-electron chi connectivity index (χ2n) is 3.54. The number of hydrogen-bond acceptors (Lipinski definition) is 3. The molecule has 1 atom stereocenters. The fourth-order valence-corrected chi connectivity index (χ4v) is 1.28. The van der Waals surface area contributed by atoms with Gasteiger partial charge in [0.2, 0.25) is 0 Å². The highest BCUT2D eigenvalue weighted by Crippen LogP contribution is 2.08. The van der Waals surface area contributed by atoms with Crippen LogP contribution in [-0.2, 0) is 4.79 Å². The molecule has 3 N–H and O–H groups in total. The van der Waals surface area contributed by atoms with E-state index >= 15 is 0 Å². The van der Waals surface area contributed by atoms with E-state index in [0.717, 1.165) is 32.1 Å². The predicted octanol–water partition coefficient (Wildman–Crippen LogP) is 1.15. The average Bonchev–Trinajstić information content (AvgIpc) is 2.15. The smallest absolute Gasteiger partial charge is 0.303 e. The maximum absolute atomic E-state index is 10.2. The molecule has 0 aliphatic carbocycles. The summed E-state index contributed by atoms with van der Waals surface area (Å²) in [6.07, 6.45) is 4.86. The van der Waals surface area contributed by atoms with E-state index in [9.17, 15) is 4.79 Å². The normalized spacial score (nSPS) is 12.7. The van der Waals surface area contributed by atoms with E-state index < -0.39 is 12.1 Å². The van der Waals surface area contributed by atoms with Crippen LogP contribution in [0.5, 0.6) is 0 Å². The third-order valence-electron chi connectivity index (χ3n) is 2.14. The van der Waals surface area contributed by atoms with Gasteiger partial charge in [-0.05, 0) is 12.8 Å². The second kappa shape index (κ2) is 8.97. The van der Waals surface area contributed by atoms with Gasteiger partial charge in [0.1, 0.15) is 0 Å². The maximum atomic E-state index is 10.2. The van der Waals surface area contributed by atoms with Crippen LogP contribution in [0.4, 0.5) is 0 Å². The summed E-state index contributed by atoms with van der Waals surface area (Å²) in [6.45, 7) is -0.168. The molecule has 4 nitrogen and oxygen atoms in total. The van der Waals surface area contributed by atoms with Gasteiger partial charge in [0.25, 0.3) is 0 Å². The molecule has 0 aliphatic heterocycles. The molecule has 14 heavy (non-hydrogen) atoms. The standard InChI is InChI=1S/C10H20O4/c11-8-9(12)6-4-2-1-3-5-7-10(13)14/h9,11-12H,1-8H2,(H,13,14)/t9-/m1/s1. The summed E-state index contributed by atoms with van der Waals surface area (Å²) in [5.74, 6) is -0.735. The molecule has 4 heteroatoms. The molecule has 0 unspecified atom stereocenters. The van der Waals surface area contributed by atoms with Crippen molar-refractivity contribution in [3.05, 3.63) is 0 Å². The van der Waals surface area contributed by atoms with Crippen LogP contribution in [0.3, 0.4) is 0 Å². The van der Waals surface area contributed by atoms with E-state index in [4.69, 9.17) is 15.3 Å². The maximum Gasteiger partial charge on any atom is 0.303 e. The Morgan fingerprint density at radius 2 is 1.64 bits per heavy atom. The number of carbonyl (C=O) groups is 1. The average molecular weight is 204 g/mol. The lowest BCUT2D eigenvalue weighted by molar-refractivity contribution is -0.137. The molecule has 0 saturated heterocycles. The van der Waals surface area contributed by atoms with Crippen molar-refractivity contribution < 1.29 is 20.1 Å². The lowest BCUT2D eigenvalue weighted by atomic mass is 10.1. The van der Waals surface area contributed by atoms with Gasteiger partial charge in [-0.3, -0.25) is 4.79 Å². The first kappa shape index (κ1) is 13.4. The summed E-state index contributed by atoms with van der Waals surface area (Å²) >= 11 is 0. The van der Waals surface area contributed by atoms with Crippen molar-refractivity contribution in [2.45, 2.75) is 51.0 Å². The van der Waals surface area contributed by atoms with Crippen LogP contribution in [0.25, 0.3) is 0 Å². The summed E-state index contributed by atoms with van der Waals surface area (Å²) < 4.78 is 0. The highest BCUT2D eigenvalue weighted by atomic mass is 16.4. The highest BCUT2D eigenvalue weighted by molar-refractivity contribution is 5.66. The molecular weight excluding hydrogens is 184 g/mol. The van der Waals surface area contributed by atoms with Crippen molar-refractivity contribution in [1.82, 2.24) is 0 Å². The lowest BCUT2D eigenvalue weighted by Crippen LogP contribution is -2.10. The molecule has 0 radical (unpaired) electrons. The summed E-state index contributed by atoms with van der Waals surface area (Å²) in [4.78, 5) is 10.2. The Kier molecular flexibility index (Phi) is 8.57. The third kappa shape index (κ3) is 9.48. The van der Waals surface area contributed by atoms with E-state index in [0.29, 0.717) is 6.42 Å². The third-order valence-corrected chi connectivity index (χ3v) is 2.14. The van der Waals surface area contributed by atoms with Crippen LogP contribution < -0.4 is 0 Å². The molecule has 0 saturated carbocycles.